The Hall–Kier alpha value is -1.62. The Morgan fingerprint density at radius 1 is 1.53 bits per heavy atom. The first-order valence-electron chi connectivity index (χ1n) is 6.69. The van der Waals surface area contributed by atoms with E-state index in [1.165, 1.54) is 0 Å². The molecule has 0 radical (unpaired) electrons. The third kappa shape index (κ3) is 4.21. The molecule has 1 aliphatic rings. The van der Waals surface area contributed by atoms with Crippen LogP contribution < -0.4 is 10.6 Å². The van der Waals surface area contributed by atoms with Crippen LogP contribution in [-0.2, 0) is 11.3 Å². The number of rotatable bonds is 3. The van der Waals surface area contributed by atoms with Gasteiger partial charge in [-0.1, -0.05) is 0 Å². The molecule has 0 aliphatic carbocycles. The van der Waals surface area contributed by atoms with E-state index in [1.54, 1.807) is 0 Å². The Morgan fingerprint density at radius 3 is 3.05 bits per heavy atom. The Morgan fingerprint density at radius 2 is 2.37 bits per heavy atom. The third-order valence-electron chi connectivity index (χ3n) is 3.29. The highest BCUT2D eigenvalue weighted by Gasteiger charge is 2.15. The van der Waals surface area contributed by atoms with E-state index in [0.29, 0.717) is 13.2 Å². The normalized spacial score (nSPS) is 18.9. The predicted molar refractivity (Wildman–Crippen MR) is 72.9 cm³/mol. The fourth-order valence-corrected chi connectivity index (χ4v) is 2.18. The van der Waals surface area contributed by atoms with Gasteiger partial charge in [0.2, 0.25) is 0 Å². The molecule has 2 amide bonds. The van der Waals surface area contributed by atoms with Crippen LogP contribution in [0.25, 0.3) is 0 Å². The summed E-state index contributed by atoms with van der Waals surface area (Å²) in [4.78, 5) is 16.0. The topological polar surface area (TPSA) is 63.2 Å². The van der Waals surface area contributed by atoms with Crippen LogP contribution in [-0.4, -0.2) is 30.3 Å². The number of hydrogen-bond donors (Lipinski definition) is 2. The summed E-state index contributed by atoms with van der Waals surface area (Å²) in [7, 11) is 0. The van der Waals surface area contributed by atoms with Crippen LogP contribution in [0.2, 0.25) is 0 Å². The molecule has 1 aliphatic heterocycles. The number of nitrogens with zero attached hydrogens (tertiary/aromatic N) is 1. The Kier molecular flexibility index (Phi) is 4.74. The number of hydrogen-bond acceptors (Lipinski definition) is 3. The summed E-state index contributed by atoms with van der Waals surface area (Å²) in [5, 5.41) is 5.79. The fraction of sp³-hybridized carbons (Fsp3) is 0.571. The number of amides is 2. The highest BCUT2D eigenvalue weighted by atomic mass is 16.5. The number of urea groups is 1. The summed E-state index contributed by atoms with van der Waals surface area (Å²) in [6.07, 6.45) is 3.80. The van der Waals surface area contributed by atoms with Gasteiger partial charge in [0.25, 0.3) is 0 Å². The second kappa shape index (κ2) is 6.52. The maximum atomic E-state index is 11.8. The summed E-state index contributed by atoms with van der Waals surface area (Å²) in [5.74, 6) is 0. The van der Waals surface area contributed by atoms with Gasteiger partial charge >= 0.3 is 6.03 Å². The van der Waals surface area contributed by atoms with Crippen molar-refractivity contribution >= 4 is 6.03 Å². The van der Waals surface area contributed by atoms with Gasteiger partial charge in [-0.25, -0.2) is 4.79 Å². The molecule has 104 valence electrons. The van der Waals surface area contributed by atoms with E-state index in [4.69, 9.17) is 4.74 Å². The van der Waals surface area contributed by atoms with E-state index in [-0.39, 0.29) is 12.1 Å². The second-order valence-corrected chi connectivity index (χ2v) is 4.99. The molecule has 0 bridgehead atoms. The van der Waals surface area contributed by atoms with Crippen LogP contribution in [0.5, 0.6) is 0 Å². The smallest absolute Gasteiger partial charge is 0.315 e. The summed E-state index contributed by atoms with van der Waals surface area (Å²) in [5.41, 5.74) is 3.18. The number of aryl methyl sites for hydroxylation is 2. The largest absolute Gasteiger partial charge is 0.379 e. The lowest BCUT2D eigenvalue weighted by molar-refractivity contribution is 0.0732. The van der Waals surface area contributed by atoms with Crippen LogP contribution in [0.15, 0.2) is 12.3 Å². The molecular weight excluding hydrogens is 242 g/mol. The van der Waals surface area contributed by atoms with Gasteiger partial charge in [-0.05, 0) is 43.9 Å². The Bertz CT molecular complexity index is 442. The minimum atomic E-state index is -0.143. The number of aromatic nitrogens is 1. The summed E-state index contributed by atoms with van der Waals surface area (Å²) < 4.78 is 5.33. The molecule has 0 aromatic carbocycles. The van der Waals surface area contributed by atoms with Gasteiger partial charge < -0.3 is 15.4 Å². The van der Waals surface area contributed by atoms with Crippen LogP contribution in [0.4, 0.5) is 4.79 Å². The molecule has 19 heavy (non-hydrogen) atoms. The van der Waals surface area contributed by atoms with Crippen LogP contribution in [0.1, 0.15) is 29.7 Å². The highest BCUT2D eigenvalue weighted by molar-refractivity contribution is 5.74. The first kappa shape index (κ1) is 13.8. The van der Waals surface area contributed by atoms with E-state index in [9.17, 15) is 4.79 Å². The molecule has 1 fully saturated rings. The van der Waals surface area contributed by atoms with Crippen molar-refractivity contribution in [3.8, 4) is 0 Å². The number of ether oxygens (including phenoxy) is 1. The maximum Gasteiger partial charge on any atom is 0.315 e. The quantitative estimate of drug-likeness (QED) is 0.872. The van der Waals surface area contributed by atoms with Crippen molar-refractivity contribution in [1.82, 2.24) is 15.6 Å². The molecular formula is C14H21N3O2. The van der Waals surface area contributed by atoms with Gasteiger partial charge in [-0.2, -0.15) is 0 Å². The molecule has 0 saturated carbocycles. The molecule has 2 N–H and O–H groups in total. The van der Waals surface area contributed by atoms with Crippen LogP contribution in [0, 0.1) is 13.8 Å². The van der Waals surface area contributed by atoms with Crippen molar-refractivity contribution < 1.29 is 9.53 Å². The maximum absolute atomic E-state index is 11.8. The van der Waals surface area contributed by atoms with Crippen molar-refractivity contribution in [1.29, 1.82) is 0 Å². The lowest BCUT2D eigenvalue weighted by Crippen LogP contribution is -2.45. The zero-order valence-electron chi connectivity index (χ0n) is 11.5. The molecule has 1 saturated heterocycles. The van der Waals surface area contributed by atoms with E-state index in [0.717, 1.165) is 36.3 Å². The summed E-state index contributed by atoms with van der Waals surface area (Å²) in [6.45, 7) is 5.89. The molecule has 5 heteroatoms. The van der Waals surface area contributed by atoms with Gasteiger partial charge in [0.15, 0.2) is 0 Å². The van der Waals surface area contributed by atoms with Crippen LogP contribution in [0.3, 0.4) is 0 Å². The van der Waals surface area contributed by atoms with Gasteiger partial charge in [0.1, 0.15) is 0 Å². The van der Waals surface area contributed by atoms with E-state index < -0.39 is 0 Å². The third-order valence-corrected chi connectivity index (χ3v) is 3.29. The van der Waals surface area contributed by atoms with Crippen LogP contribution >= 0.6 is 0 Å². The summed E-state index contributed by atoms with van der Waals surface area (Å²) >= 11 is 0. The lowest BCUT2D eigenvalue weighted by atomic mass is 10.1. The highest BCUT2D eigenvalue weighted by Crippen LogP contribution is 2.08. The van der Waals surface area contributed by atoms with E-state index >= 15 is 0 Å². The van der Waals surface area contributed by atoms with Crippen molar-refractivity contribution in [2.75, 3.05) is 13.2 Å². The predicted octanol–water partition coefficient (Wildman–Crippen LogP) is 1.68. The zero-order valence-corrected chi connectivity index (χ0v) is 11.5. The van der Waals surface area contributed by atoms with Gasteiger partial charge in [-0.15, -0.1) is 0 Å². The van der Waals surface area contributed by atoms with Crippen molar-refractivity contribution in [2.45, 2.75) is 39.3 Å². The summed E-state index contributed by atoms with van der Waals surface area (Å²) in [6, 6.07) is 2.01. The minimum absolute atomic E-state index is 0.131. The zero-order chi connectivity index (χ0) is 13.7. The molecule has 2 heterocycles. The number of nitrogens with one attached hydrogen (secondary N) is 2. The first-order chi connectivity index (χ1) is 9.15. The van der Waals surface area contributed by atoms with Crippen molar-refractivity contribution in [3.63, 3.8) is 0 Å². The van der Waals surface area contributed by atoms with Crippen molar-refractivity contribution in [2.24, 2.45) is 0 Å². The monoisotopic (exact) mass is 263 g/mol. The molecule has 2 rings (SSSR count). The average molecular weight is 263 g/mol. The molecule has 0 spiro atoms. The standard InChI is InChI=1S/C14H21N3O2/c1-10-6-11(2)15-7-12(10)8-16-14(18)17-13-4-3-5-19-9-13/h6-7,13H,3-5,8-9H2,1-2H3,(H2,16,17,18)/t13-/m0/s1. The average Bonchev–Trinajstić information content (AvgIpc) is 2.39. The fourth-order valence-electron chi connectivity index (χ4n) is 2.18. The van der Waals surface area contributed by atoms with Gasteiger partial charge in [-0.3, -0.25) is 4.98 Å². The molecule has 1 aromatic rings. The second-order valence-electron chi connectivity index (χ2n) is 4.99. The molecule has 1 aromatic heterocycles. The van der Waals surface area contributed by atoms with Crippen molar-refractivity contribution in [3.05, 3.63) is 29.1 Å². The Labute approximate surface area is 113 Å². The first-order valence-corrected chi connectivity index (χ1v) is 6.69. The number of carbonyl (C=O) groups excluding carboxylic acids is 1. The lowest BCUT2D eigenvalue weighted by Gasteiger charge is -2.23. The molecule has 0 unspecified atom stereocenters. The Balaban J connectivity index is 1.79. The van der Waals surface area contributed by atoms with E-state index in [2.05, 4.69) is 15.6 Å². The number of carbonyl (C=O) groups is 1. The van der Waals surface area contributed by atoms with Gasteiger partial charge in [0, 0.05) is 25.0 Å². The van der Waals surface area contributed by atoms with E-state index in [1.807, 2.05) is 26.1 Å². The SMILES string of the molecule is Cc1cc(C)c(CNC(=O)N[C@H]2CCCOC2)cn1. The minimum Gasteiger partial charge on any atom is -0.379 e. The molecule has 5 nitrogen and oxygen atoms in total. The van der Waals surface area contributed by atoms with Gasteiger partial charge in [0.05, 0.1) is 12.6 Å². The number of pyridine rings is 1. The molecule has 1 atom stereocenters.